The quantitative estimate of drug-likeness (QED) is 0.668. The molecule has 110 valence electrons. The number of esters is 1. The second kappa shape index (κ2) is 6.64. The number of ether oxygens (including phenoxy) is 1. The van der Waals surface area contributed by atoms with Gasteiger partial charge in [0.2, 0.25) is 0 Å². The molecule has 7 heteroatoms. The van der Waals surface area contributed by atoms with Crippen LogP contribution in [0, 0.1) is 13.8 Å². The summed E-state index contributed by atoms with van der Waals surface area (Å²) < 4.78 is 4.83. The highest BCUT2D eigenvalue weighted by Gasteiger charge is 2.20. The Kier molecular flexibility index (Phi) is 4.87. The van der Waals surface area contributed by atoms with Gasteiger partial charge in [-0.3, -0.25) is 4.98 Å². The summed E-state index contributed by atoms with van der Waals surface area (Å²) >= 11 is 6.74. The number of methoxy groups -OCH3 is 1. The first-order valence-corrected chi connectivity index (χ1v) is 7.41. The topological polar surface area (TPSA) is 63.2 Å². The summed E-state index contributed by atoms with van der Waals surface area (Å²) in [7, 11) is 1.37. The van der Waals surface area contributed by atoms with Crippen molar-refractivity contribution in [2.45, 2.75) is 13.8 Å². The summed E-state index contributed by atoms with van der Waals surface area (Å²) in [5.41, 5.74) is 2.26. The van der Waals surface area contributed by atoms with Gasteiger partial charge < -0.3 is 15.4 Å². The Morgan fingerprint density at radius 1 is 1.29 bits per heavy atom. The fourth-order valence-corrected chi connectivity index (χ4v) is 3.10. The normalized spacial score (nSPS) is 10.0. The second-order valence-electron chi connectivity index (χ2n) is 4.29. The van der Waals surface area contributed by atoms with Gasteiger partial charge in [0.25, 0.3) is 0 Å². The average Bonchev–Trinajstić information content (AvgIpc) is 2.74. The molecule has 2 rings (SSSR count). The first-order valence-electron chi connectivity index (χ1n) is 6.19. The molecule has 0 aliphatic rings. The minimum absolute atomic E-state index is 0.369. The lowest BCUT2D eigenvalue weighted by Gasteiger charge is -2.10. The van der Waals surface area contributed by atoms with E-state index in [9.17, 15) is 4.79 Å². The van der Waals surface area contributed by atoms with Crippen LogP contribution in [-0.4, -0.2) is 23.2 Å². The zero-order valence-electron chi connectivity index (χ0n) is 11.9. The van der Waals surface area contributed by atoms with Crippen LogP contribution in [0.5, 0.6) is 0 Å². The molecule has 0 radical (unpaired) electrons. The smallest absolute Gasteiger partial charge is 0.341 e. The van der Waals surface area contributed by atoms with Crippen molar-refractivity contribution in [1.82, 2.24) is 4.98 Å². The van der Waals surface area contributed by atoms with Crippen LogP contribution in [0.4, 0.5) is 10.7 Å². The van der Waals surface area contributed by atoms with E-state index in [-0.39, 0.29) is 5.97 Å². The number of carbonyl (C=O) groups excluding carboxylic acids is 1. The van der Waals surface area contributed by atoms with E-state index in [1.165, 1.54) is 18.4 Å². The van der Waals surface area contributed by atoms with Crippen molar-refractivity contribution in [3.8, 4) is 0 Å². The molecular formula is C14H15N3O2S2. The molecule has 2 N–H and O–H groups in total. The SMILES string of the molecule is COC(=O)c1c(NC(=S)Nc2ccncc2)sc(C)c1C. The molecule has 0 saturated heterocycles. The fraction of sp³-hybridized carbons (Fsp3) is 0.214. The van der Waals surface area contributed by atoms with E-state index in [0.29, 0.717) is 15.7 Å². The second-order valence-corrected chi connectivity index (χ2v) is 5.93. The van der Waals surface area contributed by atoms with Crippen LogP contribution >= 0.6 is 23.6 Å². The maximum atomic E-state index is 11.9. The predicted molar refractivity (Wildman–Crippen MR) is 89.2 cm³/mol. The van der Waals surface area contributed by atoms with Gasteiger partial charge in [-0.15, -0.1) is 11.3 Å². The van der Waals surface area contributed by atoms with Crippen LogP contribution in [0.25, 0.3) is 0 Å². The Morgan fingerprint density at radius 2 is 1.95 bits per heavy atom. The molecular weight excluding hydrogens is 306 g/mol. The number of nitrogens with zero attached hydrogens (tertiary/aromatic N) is 1. The van der Waals surface area contributed by atoms with Crippen molar-refractivity contribution in [1.29, 1.82) is 0 Å². The molecule has 0 atom stereocenters. The molecule has 0 aliphatic carbocycles. The van der Waals surface area contributed by atoms with Crippen LogP contribution in [0.15, 0.2) is 24.5 Å². The molecule has 0 amide bonds. The van der Waals surface area contributed by atoms with E-state index in [0.717, 1.165) is 16.1 Å². The van der Waals surface area contributed by atoms with Crippen molar-refractivity contribution in [3.05, 3.63) is 40.5 Å². The van der Waals surface area contributed by atoms with Crippen LogP contribution in [0.3, 0.4) is 0 Å². The fourth-order valence-electron chi connectivity index (χ4n) is 1.76. The highest BCUT2D eigenvalue weighted by molar-refractivity contribution is 7.80. The standard InChI is InChI=1S/C14H15N3O2S2/c1-8-9(2)21-12(11(8)13(18)19-3)17-14(20)16-10-4-6-15-7-5-10/h4-7H,1-3H3,(H2,15,16,17,20). The van der Waals surface area contributed by atoms with Gasteiger partial charge in [0.05, 0.1) is 12.7 Å². The van der Waals surface area contributed by atoms with E-state index in [2.05, 4.69) is 15.6 Å². The van der Waals surface area contributed by atoms with Crippen LogP contribution in [0.2, 0.25) is 0 Å². The number of carbonyl (C=O) groups is 1. The summed E-state index contributed by atoms with van der Waals surface area (Å²) in [5, 5.41) is 7.19. The number of thiocarbonyl (C=S) groups is 1. The summed E-state index contributed by atoms with van der Waals surface area (Å²) in [6, 6.07) is 3.61. The number of aryl methyl sites for hydroxylation is 1. The highest BCUT2D eigenvalue weighted by Crippen LogP contribution is 2.33. The van der Waals surface area contributed by atoms with Gasteiger partial charge in [0, 0.05) is 23.0 Å². The summed E-state index contributed by atoms with van der Waals surface area (Å²) in [6.07, 6.45) is 3.34. The maximum absolute atomic E-state index is 11.9. The third-order valence-corrected chi connectivity index (χ3v) is 4.27. The van der Waals surface area contributed by atoms with E-state index in [1.807, 2.05) is 13.8 Å². The van der Waals surface area contributed by atoms with Gasteiger partial charge >= 0.3 is 5.97 Å². The molecule has 0 spiro atoms. The lowest BCUT2D eigenvalue weighted by Crippen LogP contribution is -2.20. The Morgan fingerprint density at radius 3 is 2.57 bits per heavy atom. The summed E-state index contributed by atoms with van der Waals surface area (Å²) in [5.74, 6) is -0.369. The molecule has 2 aromatic rings. The van der Waals surface area contributed by atoms with E-state index in [4.69, 9.17) is 17.0 Å². The van der Waals surface area contributed by atoms with Gasteiger partial charge in [0.15, 0.2) is 5.11 Å². The van der Waals surface area contributed by atoms with Crippen molar-refractivity contribution in [2.24, 2.45) is 0 Å². The zero-order chi connectivity index (χ0) is 15.4. The molecule has 5 nitrogen and oxygen atoms in total. The minimum Gasteiger partial charge on any atom is -0.465 e. The number of hydrogen-bond acceptors (Lipinski definition) is 5. The van der Waals surface area contributed by atoms with Crippen molar-refractivity contribution >= 4 is 45.3 Å². The lowest BCUT2D eigenvalue weighted by atomic mass is 10.1. The summed E-state index contributed by atoms with van der Waals surface area (Å²) in [6.45, 7) is 3.85. The summed E-state index contributed by atoms with van der Waals surface area (Å²) in [4.78, 5) is 16.9. The first kappa shape index (κ1) is 15.4. The highest BCUT2D eigenvalue weighted by atomic mass is 32.1. The number of thiophene rings is 1. The van der Waals surface area contributed by atoms with Crippen molar-refractivity contribution in [2.75, 3.05) is 17.7 Å². The molecule has 0 fully saturated rings. The van der Waals surface area contributed by atoms with Gasteiger partial charge in [-0.2, -0.15) is 0 Å². The average molecular weight is 321 g/mol. The largest absolute Gasteiger partial charge is 0.465 e. The number of hydrogen-bond donors (Lipinski definition) is 2. The number of anilines is 2. The number of aromatic nitrogens is 1. The van der Waals surface area contributed by atoms with Gasteiger partial charge in [-0.1, -0.05) is 0 Å². The van der Waals surface area contributed by atoms with Crippen molar-refractivity contribution < 1.29 is 9.53 Å². The predicted octanol–water partition coefficient (Wildman–Crippen LogP) is 3.36. The molecule has 2 aromatic heterocycles. The number of nitrogens with one attached hydrogen (secondary N) is 2. The van der Waals surface area contributed by atoms with Gasteiger partial charge in [-0.05, 0) is 43.8 Å². The van der Waals surface area contributed by atoms with Crippen LogP contribution < -0.4 is 10.6 Å². The molecule has 21 heavy (non-hydrogen) atoms. The molecule has 0 unspecified atom stereocenters. The van der Waals surface area contributed by atoms with Gasteiger partial charge in [-0.25, -0.2) is 4.79 Å². The molecule has 0 aliphatic heterocycles. The zero-order valence-corrected chi connectivity index (χ0v) is 13.5. The Labute approximate surface area is 132 Å². The molecule has 0 saturated carbocycles. The van der Waals surface area contributed by atoms with Crippen LogP contribution in [-0.2, 0) is 4.74 Å². The third-order valence-electron chi connectivity index (χ3n) is 2.94. The molecule has 2 heterocycles. The van der Waals surface area contributed by atoms with Gasteiger partial charge in [0.1, 0.15) is 5.00 Å². The maximum Gasteiger partial charge on any atom is 0.341 e. The Hall–Kier alpha value is -1.99. The Balaban J connectivity index is 2.18. The first-order chi connectivity index (χ1) is 10.0. The monoisotopic (exact) mass is 321 g/mol. The van der Waals surface area contributed by atoms with E-state index in [1.54, 1.807) is 24.5 Å². The van der Waals surface area contributed by atoms with E-state index >= 15 is 0 Å². The molecule has 0 aromatic carbocycles. The lowest BCUT2D eigenvalue weighted by molar-refractivity contribution is 0.0601. The van der Waals surface area contributed by atoms with Crippen molar-refractivity contribution in [3.63, 3.8) is 0 Å². The minimum atomic E-state index is -0.369. The third kappa shape index (κ3) is 3.56. The Bertz CT molecular complexity index is 668. The van der Waals surface area contributed by atoms with Crippen LogP contribution in [0.1, 0.15) is 20.8 Å². The van der Waals surface area contributed by atoms with E-state index < -0.39 is 0 Å². The number of rotatable bonds is 3. The number of pyridine rings is 1. The molecule has 0 bridgehead atoms.